The molecular weight excluding hydrogens is 178 g/mol. The van der Waals surface area contributed by atoms with Crippen LogP contribution in [0.2, 0.25) is 0 Å². The minimum Gasteiger partial charge on any atom is -0.368 e. The predicted molar refractivity (Wildman–Crippen MR) is 44.4 cm³/mol. The number of hydrogen-bond acceptors (Lipinski definition) is 2. The van der Waals surface area contributed by atoms with Crippen LogP contribution in [0.3, 0.4) is 0 Å². The summed E-state index contributed by atoms with van der Waals surface area (Å²) in [6.45, 7) is 2.14. The van der Waals surface area contributed by atoms with Crippen molar-refractivity contribution in [3.05, 3.63) is 0 Å². The van der Waals surface area contributed by atoms with Gasteiger partial charge in [-0.05, 0) is 6.92 Å². The number of carbonyl (C=O) groups is 1. The maximum atomic E-state index is 12.7. The molecule has 1 saturated heterocycles. The fraction of sp³-hybridized carbons (Fsp3) is 0.875. The summed E-state index contributed by atoms with van der Waals surface area (Å²) in [5.74, 6) is -3.02. The van der Waals surface area contributed by atoms with E-state index >= 15 is 0 Å². The SMILES string of the molecule is C[C@H](C(N)=O)N1CCC(F)(F)CC1. The van der Waals surface area contributed by atoms with Crippen molar-refractivity contribution < 1.29 is 13.6 Å². The van der Waals surface area contributed by atoms with Gasteiger partial charge in [0, 0.05) is 25.9 Å². The van der Waals surface area contributed by atoms with Crippen molar-refractivity contribution in [1.29, 1.82) is 0 Å². The number of nitrogens with zero attached hydrogens (tertiary/aromatic N) is 1. The second kappa shape index (κ2) is 3.57. The Bertz CT molecular complexity index is 198. The lowest BCUT2D eigenvalue weighted by Crippen LogP contribution is -2.48. The molecule has 5 heteroatoms. The lowest BCUT2D eigenvalue weighted by atomic mass is 10.1. The first-order valence-corrected chi connectivity index (χ1v) is 4.33. The van der Waals surface area contributed by atoms with E-state index in [0.29, 0.717) is 0 Å². The van der Waals surface area contributed by atoms with E-state index in [1.54, 1.807) is 11.8 Å². The molecule has 0 spiro atoms. The van der Waals surface area contributed by atoms with Gasteiger partial charge in [-0.1, -0.05) is 0 Å². The minimum atomic E-state index is -2.56. The molecule has 0 aromatic heterocycles. The van der Waals surface area contributed by atoms with Gasteiger partial charge >= 0.3 is 0 Å². The van der Waals surface area contributed by atoms with Crippen LogP contribution in [0.15, 0.2) is 0 Å². The third kappa shape index (κ3) is 2.62. The summed E-state index contributed by atoms with van der Waals surface area (Å²) in [5.41, 5.74) is 5.07. The average molecular weight is 192 g/mol. The molecule has 3 nitrogen and oxygen atoms in total. The van der Waals surface area contributed by atoms with Gasteiger partial charge in [-0.3, -0.25) is 9.69 Å². The Morgan fingerprint density at radius 3 is 2.31 bits per heavy atom. The molecule has 1 rings (SSSR count). The Balaban J connectivity index is 2.45. The highest BCUT2D eigenvalue weighted by atomic mass is 19.3. The Kier molecular flexibility index (Phi) is 2.85. The summed E-state index contributed by atoms with van der Waals surface area (Å²) in [6.07, 6.45) is -0.352. The Hall–Kier alpha value is -0.710. The van der Waals surface area contributed by atoms with E-state index in [0.717, 1.165) is 0 Å². The average Bonchev–Trinajstić information content (AvgIpc) is 2.03. The summed E-state index contributed by atoms with van der Waals surface area (Å²) in [4.78, 5) is 12.4. The Morgan fingerprint density at radius 1 is 1.46 bits per heavy atom. The highest BCUT2D eigenvalue weighted by molar-refractivity contribution is 5.79. The normalized spacial score (nSPS) is 25.5. The number of carbonyl (C=O) groups excluding carboxylic acids is 1. The maximum Gasteiger partial charge on any atom is 0.250 e. The molecule has 1 fully saturated rings. The standard InChI is InChI=1S/C8H14F2N2O/c1-6(7(11)13)12-4-2-8(9,10)3-5-12/h6H,2-5H2,1H3,(H2,11,13)/t6-/m1/s1. The molecular formula is C8H14F2N2O. The number of amides is 1. The van der Waals surface area contributed by atoms with E-state index in [4.69, 9.17) is 5.73 Å². The van der Waals surface area contributed by atoms with E-state index in [9.17, 15) is 13.6 Å². The topological polar surface area (TPSA) is 46.3 Å². The molecule has 13 heavy (non-hydrogen) atoms. The monoisotopic (exact) mass is 192 g/mol. The molecule has 0 saturated carbocycles. The molecule has 0 unspecified atom stereocenters. The zero-order valence-corrected chi connectivity index (χ0v) is 7.59. The summed E-state index contributed by atoms with van der Waals surface area (Å²) < 4.78 is 25.4. The molecule has 0 bridgehead atoms. The quantitative estimate of drug-likeness (QED) is 0.696. The van der Waals surface area contributed by atoms with Crippen LogP contribution in [0.4, 0.5) is 8.78 Å². The number of alkyl halides is 2. The van der Waals surface area contributed by atoms with E-state index in [1.807, 2.05) is 0 Å². The number of halogens is 2. The largest absolute Gasteiger partial charge is 0.368 e. The molecule has 1 aliphatic heterocycles. The fourth-order valence-corrected chi connectivity index (χ4v) is 1.42. The van der Waals surface area contributed by atoms with E-state index < -0.39 is 17.9 Å². The third-order valence-electron chi connectivity index (χ3n) is 2.49. The first-order chi connectivity index (χ1) is 5.92. The van der Waals surface area contributed by atoms with Crippen LogP contribution in [0.1, 0.15) is 19.8 Å². The van der Waals surface area contributed by atoms with Crippen molar-refractivity contribution >= 4 is 5.91 Å². The van der Waals surface area contributed by atoms with Gasteiger partial charge in [0.15, 0.2) is 0 Å². The van der Waals surface area contributed by atoms with Gasteiger partial charge in [-0.15, -0.1) is 0 Å². The first-order valence-electron chi connectivity index (χ1n) is 4.33. The second-order valence-corrected chi connectivity index (χ2v) is 3.47. The van der Waals surface area contributed by atoms with Gasteiger partial charge in [-0.2, -0.15) is 0 Å². The van der Waals surface area contributed by atoms with Gasteiger partial charge in [0.05, 0.1) is 6.04 Å². The molecule has 2 N–H and O–H groups in total. The zero-order valence-electron chi connectivity index (χ0n) is 7.59. The van der Waals surface area contributed by atoms with Crippen molar-refractivity contribution in [1.82, 2.24) is 4.90 Å². The van der Waals surface area contributed by atoms with Crippen LogP contribution in [0.5, 0.6) is 0 Å². The van der Waals surface area contributed by atoms with Gasteiger partial charge in [0.25, 0.3) is 5.92 Å². The molecule has 0 aromatic carbocycles. The summed E-state index contributed by atoms with van der Waals surface area (Å²) in [5, 5.41) is 0. The second-order valence-electron chi connectivity index (χ2n) is 3.47. The zero-order chi connectivity index (χ0) is 10.1. The van der Waals surface area contributed by atoms with Gasteiger partial charge in [0.2, 0.25) is 5.91 Å². The van der Waals surface area contributed by atoms with E-state index in [1.165, 1.54) is 0 Å². The fourth-order valence-electron chi connectivity index (χ4n) is 1.42. The first kappa shape index (κ1) is 10.4. The smallest absolute Gasteiger partial charge is 0.250 e. The molecule has 1 aliphatic rings. The minimum absolute atomic E-state index is 0.176. The number of hydrogen-bond donors (Lipinski definition) is 1. The van der Waals surface area contributed by atoms with Crippen molar-refractivity contribution in [3.8, 4) is 0 Å². The predicted octanol–water partition coefficient (Wildman–Crippen LogP) is 0.591. The van der Waals surface area contributed by atoms with Crippen molar-refractivity contribution in [2.45, 2.75) is 31.7 Å². The van der Waals surface area contributed by atoms with E-state index in [2.05, 4.69) is 0 Å². The number of nitrogens with two attached hydrogens (primary N) is 1. The van der Waals surface area contributed by atoms with Gasteiger partial charge in [-0.25, -0.2) is 8.78 Å². The lowest BCUT2D eigenvalue weighted by Gasteiger charge is -2.34. The lowest BCUT2D eigenvalue weighted by molar-refractivity contribution is -0.125. The Morgan fingerprint density at radius 2 is 1.92 bits per heavy atom. The molecule has 0 aliphatic carbocycles. The molecule has 0 radical (unpaired) electrons. The van der Waals surface area contributed by atoms with Crippen molar-refractivity contribution in [2.24, 2.45) is 5.73 Å². The molecule has 1 amide bonds. The highest BCUT2D eigenvalue weighted by Crippen LogP contribution is 2.28. The van der Waals surface area contributed by atoms with Crippen LogP contribution >= 0.6 is 0 Å². The van der Waals surface area contributed by atoms with Crippen LogP contribution in [-0.2, 0) is 4.79 Å². The summed E-state index contributed by atoms with van der Waals surface area (Å²) in [6, 6.07) is -0.434. The molecule has 0 aromatic rings. The number of likely N-dealkylation sites (tertiary alicyclic amines) is 1. The van der Waals surface area contributed by atoms with Crippen LogP contribution in [-0.4, -0.2) is 35.9 Å². The van der Waals surface area contributed by atoms with Crippen LogP contribution in [0, 0.1) is 0 Å². The van der Waals surface area contributed by atoms with Crippen LogP contribution < -0.4 is 5.73 Å². The third-order valence-corrected chi connectivity index (χ3v) is 2.49. The highest BCUT2D eigenvalue weighted by Gasteiger charge is 2.36. The molecule has 1 atom stereocenters. The number of primary amides is 1. The van der Waals surface area contributed by atoms with Gasteiger partial charge in [0.1, 0.15) is 0 Å². The van der Waals surface area contributed by atoms with E-state index in [-0.39, 0.29) is 25.9 Å². The van der Waals surface area contributed by atoms with Crippen molar-refractivity contribution in [2.75, 3.05) is 13.1 Å². The Labute approximate surface area is 75.9 Å². The van der Waals surface area contributed by atoms with Gasteiger partial charge < -0.3 is 5.73 Å². The summed E-state index contributed by atoms with van der Waals surface area (Å²) >= 11 is 0. The number of rotatable bonds is 2. The number of piperidine rings is 1. The molecule has 76 valence electrons. The maximum absolute atomic E-state index is 12.7. The van der Waals surface area contributed by atoms with Crippen molar-refractivity contribution in [3.63, 3.8) is 0 Å². The van der Waals surface area contributed by atoms with Crippen LogP contribution in [0.25, 0.3) is 0 Å². The molecule has 1 heterocycles. The summed E-state index contributed by atoms with van der Waals surface area (Å²) in [7, 11) is 0.